The van der Waals surface area contributed by atoms with Gasteiger partial charge in [0.25, 0.3) is 0 Å². The summed E-state index contributed by atoms with van der Waals surface area (Å²) >= 11 is 5.81. The fraction of sp³-hybridized carbons (Fsp3) is 0.500. The lowest BCUT2D eigenvalue weighted by molar-refractivity contribution is -0.130. The molecule has 1 rings (SSSR count). The maximum Gasteiger partial charge on any atom is 0.223 e. The Morgan fingerprint density at radius 1 is 1.22 bits per heavy atom. The van der Waals surface area contributed by atoms with Crippen molar-refractivity contribution < 1.29 is 4.79 Å². The number of nitrogens with one attached hydrogen (secondary N) is 1. The van der Waals surface area contributed by atoms with Gasteiger partial charge in [0.1, 0.15) is 0 Å². The monoisotopic (exact) mass is 268 g/mol. The number of benzene rings is 1. The number of hydrogen-bond donors (Lipinski definition) is 1. The van der Waals surface area contributed by atoms with Crippen molar-refractivity contribution in [1.29, 1.82) is 0 Å². The normalized spacial score (nSPS) is 10.4. The van der Waals surface area contributed by atoms with E-state index in [2.05, 4.69) is 5.32 Å². The number of hydrogen-bond acceptors (Lipinski definition) is 2. The van der Waals surface area contributed by atoms with Crippen molar-refractivity contribution in [3.8, 4) is 0 Å². The van der Waals surface area contributed by atoms with Gasteiger partial charge in [-0.15, -0.1) is 0 Å². The van der Waals surface area contributed by atoms with Crippen LogP contribution in [0, 0.1) is 0 Å². The van der Waals surface area contributed by atoms with Gasteiger partial charge in [0.2, 0.25) is 5.91 Å². The summed E-state index contributed by atoms with van der Waals surface area (Å²) in [5, 5.41) is 4.01. The smallest absolute Gasteiger partial charge is 0.223 e. The molecule has 0 atom stereocenters. The highest BCUT2D eigenvalue weighted by Crippen LogP contribution is 2.09. The third-order valence-corrected chi connectivity index (χ3v) is 3.13. The minimum atomic E-state index is 0.212. The highest BCUT2D eigenvalue weighted by Gasteiger charge is 2.07. The second kappa shape index (κ2) is 8.11. The predicted molar refractivity (Wildman–Crippen MR) is 75.7 cm³/mol. The van der Waals surface area contributed by atoms with Crippen LogP contribution < -0.4 is 5.32 Å². The fourth-order valence-corrected chi connectivity index (χ4v) is 1.89. The number of carbonyl (C=O) groups excluding carboxylic acids is 1. The number of halogens is 1. The molecule has 1 aromatic carbocycles. The van der Waals surface area contributed by atoms with E-state index in [1.165, 1.54) is 5.56 Å². The maximum atomic E-state index is 11.7. The van der Waals surface area contributed by atoms with E-state index in [4.69, 9.17) is 11.6 Å². The van der Waals surface area contributed by atoms with Gasteiger partial charge in [-0.1, -0.05) is 23.7 Å². The Kier molecular flexibility index (Phi) is 6.76. The average Bonchev–Trinajstić information content (AvgIpc) is 2.38. The minimum Gasteiger partial charge on any atom is -0.343 e. The first kappa shape index (κ1) is 15.0. The van der Waals surface area contributed by atoms with Gasteiger partial charge >= 0.3 is 0 Å². The van der Waals surface area contributed by atoms with Gasteiger partial charge in [-0.05, 0) is 31.5 Å². The van der Waals surface area contributed by atoms with Gasteiger partial charge < -0.3 is 10.2 Å². The lowest BCUT2D eigenvalue weighted by atomic mass is 10.2. The molecule has 0 radical (unpaired) electrons. The highest BCUT2D eigenvalue weighted by molar-refractivity contribution is 6.30. The molecule has 0 unspecified atom stereocenters. The van der Waals surface area contributed by atoms with E-state index in [-0.39, 0.29) is 5.91 Å². The first-order valence-electron chi connectivity index (χ1n) is 6.40. The van der Waals surface area contributed by atoms with Crippen LogP contribution in [-0.2, 0) is 11.3 Å². The molecule has 0 saturated carbocycles. The van der Waals surface area contributed by atoms with Crippen molar-refractivity contribution in [2.75, 3.05) is 19.6 Å². The summed E-state index contributed by atoms with van der Waals surface area (Å²) in [6.45, 7) is 7.05. The van der Waals surface area contributed by atoms with Crippen molar-refractivity contribution in [2.45, 2.75) is 26.8 Å². The summed E-state index contributed by atoms with van der Waals surface area (Å²) in [6, 6.07) is 7.72. The highest BCUT2D eigenvalue weighted by atomic mass is 35.5. The lowest BCUT2D eigenvalue weighted by Crippen LogP contribution is -2.32. The fourth-order valence-electron chi connectivity index (χ4n) is 1.76. The van der Waals surface area contributed by atoms with E-state index in [0.717, 1.165) is 24.7 Å². The Labute approximate surface area is 114 Å². The summed E-state index contributed by atoms with van der Waals surface area (Å²) < 4.78 is 0. The zero-order chi connectivity index (χ0) is 13.4. The van der Waals surface area contributed by atoms with E-state index in [0.29, 0.717) is 13.0 Å². The molecule has 0 heterocycles. The van der Waals surface area contributed by atoms with Gasteiger partial charge in [-0.3, -0.25) is 4.79 Å². The van der Waals surface area contributed by atoms with Gasteiger partial charge in [-0.2, -0.15) is 0 Å². The molecule has 18 heavy (non-hydrogen) atoms. The number of rotatable bonds is 7. The Bertz CT molecular complexity index is 361. The standard InChI is InChI=1S/C14H21ClN2O/c1-3-17(4-2)14(18)9-10-16-11-12-5-7-13(15)8-6-12/h5-8,16H,3-4,9-11H2,1-2H3. The van der Waals surface area contributed by atoms with Crippen molar-refractivity contribution >= 4 is 17.5 Å². The van der Waals surface area contributed by atoms with Crippen LogP contribution in [-0.4, -0.2) is 30.4 Å². The van der Waals surface area contributed by atoms with Crippen LogP contribution in [0.15, 0.2) is 24.3 Å². The zero-order valence-corrected chi connectivity index (χ0v) is 11.8. The molecule has 3 nitrogen and oxygen atoms in total. The molecule has 0 bridgehead atoms. The number of amides is 1. The lowest BCUT2D eigenvalue weighted by Gasteiger charge is -2.18. The van der Waals surface area contributed by atoms with Gasteiger partial charge in [0, 0.05) is 37.6 Å². The maximum absolute atomic E-state index is 11.7. The second-order valence-corrected chi connectivity index (χ2v) is 4.56. The van der Waals surface area contributed by atoms with Crippen LogP contribution in [0.3, 0.4) is 0 Å². The van der Waals surface area contributed by atoms with Crippen LogP contribution in [0.2, 0.25) is 5.02 Å². The van der Waals surface area contributed by atoms with Crippen molar-refractivity contribution in [3.05, 3.63) is 34.9 Å². The molecule has 0 fully saturated rings. The first-order valence-corrected chi connectivity index (χ1v) is 6.78. The quantitative estimate of drug-likeness (QED) is 0.771. The van der Waals surface area contributed by atoms with Crippen LogP contribution >= 0.6 is 11.6 Å². The van der Waals surface area contributed by atoms with E-state index < -0.39 is 0 Å². The molecule has 1 amide bonds. The Hall–Kier alpha value is -1.06. The van der Waals surface area contributed by atoms with E-state index in [1.807, 2.05) is 43.0 Å². The number of nitrogens with zero attached hydrogens (tertiary/aromatic N) is 1. The minimum absolute atomic E-state index is 0.212. The summed E-state index contributed by atoms with van der Waals surface area (Å²) in [4.78, 5) is 13.6. The molecule has 1 N–H and O–H groups in total. The molecule has 0 aliphatic rings. The molecule has 100 valence electrons. The van der Waals surface area contributed by atoms with Gasteiger partial charge in [0.05, 0.1) is 0 Å². The van der Waals surface area contributed by atoms with Crippen LogP contribution in [0.5, 0.6) is 0 Å². The van der Waals surface area contributed by atoms with E-state index in [9.17, 15) is 4.79 Å². The third-order valence-electron chi connectivity index (χ3n) is 2.87. The molecule has 0 aromatic heterocycles. The molecular formula is C14H21ClN2O. The Balaban J connectivity index is 2.22. The SMILES string of the molecule is CCN(CC)C(=O)CCNCc1ccc(Cl)cc1. The summed E-state index contributed by atoms with van der Waals surface area (Å²) in [5.41, 5.74) is 1.18. The molecule has 4 heteroatoms. The second-order valence-electron chi connectivity index (χ2n) is 4.12. The molecule has 0 saturated heterocycles. The van der Waals surface area contributed by atoms with Gasteiger partial charge in [0.15, 0.2) is 0 Å². The van der Waals surface area contributed by atoms with Crippen LogP contribution in [0.4, 0.5) is 0 Å². The van der Waals surface area contributed by atoms with Crippen LogP contribution in [0.25, 0.3) is 0 Å². The van der Waals surface area contributed by atoms with E-state index in [1.54, 1.807) is 0 Å². The molecule has 0 aliphatic heterocycles. The largest absolute Gasteiger partial charge is 0.343 e. The van der Waals surface area contributed by atoms with Crippen molar-refractivity contribution in [2.24, 2.45) is 0 Å². The molecular weight excluding hydrogens is 248 g/mol. The van der Waals surface area contributed by atoms with Gasteiger partial charge in [-0.25, -0.2) is 0 Å². The third kappa shape index (κ3) is 5.07. The predicted octanol–water partition coefficient (Wildman–Crippen LogP) is 2.69. The average molecular weight is 269 g/mol. The van der Waals surface area contributed by atoms with Crippen LogP contribution in [0.1, 0.15) is 25.8 Å². The summed E-state index contributed by atoms with van der Waals surface area (Å²) in [5.74, 6) is 0.212. The van der Waals surface area contributed by atoms with Crippen molar-refractivity contribution in [1.82, 2.24) is 10.2 Å². The Morgan fingerprint density at radius 3 is 2.39 bits per heavy atom. The topological polar surface area (TPSA) is 32.3 Å². The Morgan fingerprint density at radius 2 is 1.83 bits per heavy atom. The molecule has 0 spiro atoms. The van der Waals surface area contributed by atoms with E-state index >= 15 is 0 Å². The van der Waals surface area contributed by atoms with Crippen molar-refractivity contribution in [3.63, 3.8) is 0 Å². The summed E-state index contributed by atoms with van der Waals surface area (Å²) in [6.07, 6.45) is 0.551. The molecule has 1 aromatic rings. The summed E-state index contributed by atoms with van der Waals surface area (Å²) in [7, 11) is 0. The molecule has 0 aliphatic carbocycles. The zero-order valence-electron chi connectivity index (χ0n) is 11.1. The number of carbonyl (C=O) groups is 1. The first-order chi connectivity index (χ1) is 8.67.